The van der Waals surface area contributed by atoms with E-state index >= 15 is 0 Å². The molecule has 0 spiro atoms. The van der Waals surface area contributed by atoms with E-state index in [0.717, 1.165) is 22.2 Å². The molecule has 2 aromatic carbocycles. The van der Waals surface area contributed by atoms with Gasteiger partial charge in [0, 0.05) is 37.1 Å². The number of hydrogen-bond acceptors (Lipinski definition) is 6. The third-order valence-electron chi connectivity index (χ3n) is 6.31. The number of nitrogens with one attached hydrogen (secondary N) is 1. The molecular weight excluding hydrogens is 452 g/mol. The molecule has 8 nitrogen and oxygen atoms in total. The van der Waals surface area contributed by atoms with Crippen molar-refractivity contribution < 1.29 is 17.7 Å². The zero-order chi connectivity index (χ0) is 23.9. The van der Waals surface area contributed by atoms with Crippen molar-refractivity contribution in [1.29, 1.82) is 0 Å². The average molecular weight is 479 g/mol. The van der Waals surface area contributed by atoms with Gasteiger partial charge in [-0.05, 0) is 25.5 Å². The van der Waals surface area contributed by atoms with Gasteiger partial charge in [-0.1, -0.05) is 53.7 Å². The molecule has 176 valence electrons. The maximum atomic E-state index is 13.5. The highest BCUT2D eigenvalue weighted by Gasteiger charge is 2.34. The van der Waals surface area contributed by atoms with Gasteiger partial charge in [-0.2, -0.15) is 4.31 Å². The number of Topliss-reactive ketones (excluding diaryl/α,β-unsaturated/α-hetero) is 1. The fourth-order valence-corrected chi connectivity index (χ4v) is 6.35. The average Bonchev–Trinajstić information content (AvgIpc) is 3.40. The van der Waals surface area contributed by atoms with Crippen molar-refractivity contribution in [2.24, 2.45) is 0 Å². The molecule has 0 amide bonds. The summed E-state index contributed by atoms with van der Waals surface area (Å²) >= 11 is 0. The van der Waals surface area contributed by atoms with Crippen molar-refractivity contribution in [2.45, 2.75) is 18.7 Å². The summed E-state index contributed by atoms with van der Waals surface area (Å²) in [5, 5.41) is 4.67. The lowest BCUT2D eigenvalue weighted by atomic mass is 10.0. The largest absolute Gasteiger partial charge is 0.360 e. The third kappa shape index (κ3) is 3.96. The van der Waals surface area contributed by atoms with Crippen LogP contribution < -0.4 is 0 Å². The molecular formula is C25H26N4O4S. The number of carbonyl (C=O) groups excluding carboxylic acids is 1. The summed E-state index contributed by atoms with van der Waals surface area (Å²) < 4.78 is 32.7. The second-order valence-electron chi connectivity index (χ2n) is 8.54. The highest BCUT2D eigenvalue weighted by Crippen LogP contribution is 2.31. The van der Waals surface area contributed by atoms with E-state index in [-0.39, 0.29) is 17.2 Å². The van der Waals surface area contributed by atoms with Gasteiger partial charge in [-0.15, -0.1) is 0 Å². The summed E-state index contributed by atoms with van der Waals surface area (Å²) in [6.07, 6.45) is 0. The molecule has 0 aliphatic carbocycles. The fourth-order valence-electron chi connectivity index (χ4n) is 4.64. The molecule has 0 unspecified atom stereocenters. The van der Waals surface area contributed by atoms with Crippen molar-refractivity contribution in [1.82, 2.24) is 19.3 Å². The number of H-pyrrole nitrogens is 1. The van der Waals surface area contributed by atoms with Gasteiger partial charge < -0.3 is 9.51 Å². The Hall–Kier alpha value is -3.27. The van der Waals surface area contributed by atoms with E-state index < -0.39 is 10.0 Å². The van der Waals surface area contributed by atoms with Gasteiger partial charge in [0.05, 0.1) is 17.8 Å². The van der Waals surface area contributed by atoms with Crippen molar-refractivity contribution in [3.63, 3.8) is 0 Å². The summed E-state index contributed by atoms with van der Waals surface area (Å²) in [5.41, 5.74) is 3.72. The van der Waals surface area contributed by atoms with E-state index in [4.69, 9.17) is 4.52 Å². The van der Waals surface area contributed by atoms with Gasteiger partial charge >= 0.3 is 0 Å². The van der Waals surface area contributed by atoms with E-state index in [1.165, 1.54) is 4.31 Å². The van der Waals surface area contributed by atoms with Crippen LogP contribution in [0.5, 0.6) is 0 Å². The van der Waals surface area contributed by atoms with E-state index in [1.54, 1.807) is 13.8 Å². The number of ketones is 1. The number of sulfonamides is 1. The Bertz CT molecular complexity index is 1430. The Kier molecular flexibility index (Phi) is 5.85. The minimum absolute atomic E-state index is 0.0123. The second-order valence-corrected chi connectivity index (χ2v) is 10.4. The smallest absolute Gasteiger partial charge is 0.248 e. The zero-order valence-corrected chi connectivity index (χ0v) is 19.9. The Labute approximate surface area is 198 Å². The number of hydrogen-bond donors (Lipinski definition) is 1. The van der Waals surface area contributed by atoms with Crippen LogP contribution in [-0.4, -0.2) is 66.3 Å². The quantitative estimate of drug-likeness (QED) is 0.425. The number of aromatic nitrogens is 2. The van der Waals surface area contributed by atoms with E-state index in [2.05, 4.69) is 10.1 Å². The van der Waals surface area contributed by atoms with Crippen molar-refractivity contribution >= 4 is 26.7 Å². The molecule has 0 saturated carbocycles. The number of aryl methyl sites for hydroxylation is 2. The van der Waals surface area contributed by atoms with Crippen LogP contribution in [0.25, 0.3) is 22.2 Å². The minimum Gasteiger partial charge on any atom is -0.360 e. The lowest BCUT2D eigenvalue weighted by molar-refractivity contribution is 0.0904. The van der Waals surface area contributed by atoms with Crippen molar-refractivity contribution in [2.75, 3.05) is 32.7 Å². The van der Waals surface area contributed by atoms with Gasteiger partial charge in [0.25, 0.3) is 0 Å². The molecule has 2 aromatic heterocycles. The summed E-state index contributed by atoms with van der Waals surface area (Å²) in [7, 11) is -3.69. The van der Waals surface area contributed by atoms with Crippen LogP contribution in [0.1, 0.15) is 21.8 Å². The highest BCUT2D eigenvalue weighted by molar-refractivity contribution is 7.89. The van der Waals surface area contributed by atoms with Crippen LogP contribution in [0.15, 0.2) is 64.0 Å². The molecule has 34 heavy (non-hydrogen) atoms. The van der Waals surface area contributed by atoms with E-state index in [0.29, 0.717) is 43.2 Å². The van der Waals surface area contributed by atoms with Crippen LogP contribution in [0.2, 0.25) is 0 Å². The lowest BCUT2D eigenvalue weighted by Crippen LogP contribution is -2.49. The summed E-state index contributed by atoms with van der Waals surface area (Å²) in [5.74, 6) is 0.307. The molecule has 3 heterocycles. The summed E-state index contributed by atoms with van der Waals surface area (Å²) in [6, 6.07) is 17.6. The Morgan fingerprint density at radius 2 is 1.68 bits per heavy atom. The van der Waals surface area contributed by atoms with Crippen molar-refractivity contribution in [3.8, 4) is 11.3 Å². The Morgan fingerprint density at radius 3 is 2.35 bits per heavy atom. The number of para-hydroxylation sites is 1. The number of nitrogens with zero attached hydrogens (tertiary/aromatic N) is 3. The number of aromatic amines is 1. The van der Waals surface area contributed by atoms with Gasteiger partial charge in [-0.3, -0.25) is 9.69 Å². The molecule has 1 aliphatic heterocycles. The predicted molar refractivity (Wildman–Crippen MR) is 129 cm³/mol. The Balaban J connectivity index is 1.35. The maximum absolute atomic E-state index is 13.5. The van der Waals surface area contributed by atoms with Crippen LogP contribution in [0, 0.1) is 13.8 Å². The maximum Gasteiger partial charge on any atom is 0.248 e. The number of rotatable bonds is 6. The molecule has 1 saturated heterocycles. The number of benzene rings is 2. The molecule has 0 atom stereocenters. The summed E-state index contributed by atoms with van der Waals surface area (Å²) in [4.78, 5) is 19.1. The van der Waals surface area contributed by atoms with Crippen molar-refractivity contribution in [3.05, 3.63) is 71.6 Å². The van der Waals surface area contributed by atoms with Gasteiger partial charge in [0.1, 0.15) is 10.6 Å². The number of fused-ring (bicyclic) bond motifs is 1. The molecule has 0 bridgehead atoms. The predicted octanol–water partition coefficient (Wildman–Crippen LogP) is 3.63. The fraction of sp³-hybridized carbons (Fsp3) is 0.280. The third-order valence-corrected chi connectivity index (χ3v) is 8.46. The molecule has 0 radical (unpaired) electrons. The number of piperazine rings is 1. The lowest BCUT2D eigenvalue weighted by Gasteiger charge is -2.33. The highest BCUT2D eigenvalue weighted by atomic mass is 32.2. The first-order valence-electron chi connectivity index (χ1n) is 11.2. The minimum atomic E-state index is -3.69. The first kappa shape index (κ1) is 22.5. The second kappa shape index (κ2) is 8.83. The first-order chi connectivity index (χ1) is 16.4. The van der Waals surface area contributed by atoms with Gasteiger partial charge in [0.15, 0.2) is 11.5 Å². The summed E-state index contributed by atoms with van der Waals surface area (Å²) in [6.45, 7) is 5.00. The van der Waals surface area contributed by atoms with Crippen LogP contribution >= 0.6 is 0 Å². The number of carbonyl (C=O) groups is 1. The van der Waals surface area contributed by atoms with Crippen LogP contribution in [0.3, 0.4) is 0 Å². The van der Waals surface area contributed by atoms with Gasteiger partial charge in [0.2, 0.25) is 10.0 Å². The monoisotopic (exact) mass is 478 g/mol. The van der Waals surface area contributed by atoms with Crippen LogP contribution in [-0.2, 0) is 10.0 Å². The molecule has 9 heteroatoms. The van der Waals surface area contributed by atoms with Gasteiger partial charge in [-0.25, -0.2) is 8.42 Å². The molecule has 4 aromatic rings. The Morgan fingerprint density at radius 1 is 1.00 bits per heavy atom. The standard InChI is InChI=1S/C25H26N4O4S/c1-17-25(18(2)33-27-17)34(31,32)29-14-12-28(13-15-29)16-22(30)23-20-10-6-7-11-21(20)26-24(23)19-8-4-3-5-9-19/h3-11,26H,12-16H2,1-2H3. The molecule has 1 aliphatic rings. The van der Waals surface area contributed by atoms with E-state index in [1.807, 2.05) is 59.5 Å². The van der Waals surface area contributed by atoms with Crippen LogP contribution in [0.4, 0.5) is 0 Å². The topological polar surface area (TPSA) is 99.5 Å². The van der Waals surface area contributed by atoms with E-state index in [9.17, 15) is 13.2 Å². The molecule has 5 rings (SSSR count). The molecule has 1 fully saturated rings. The zero-order valence-electron chi connectivity index (χ0n) is 19.1. The molecule has 1 N–H and O–H groups in total. The SMILES string of the molecule is Cc1noc(C)c1S(=O)(=O)N1CCN(CC(=O)c2c(-c3ccccc3)[nH]c3ccccc23)CC1. The normalized spacial score (nSPS) is 15.7. The first-order valence-corrected chi connectivity index (χ1v) is 12.6.